The largest absolute Gasteiger partial charge is 0.450 e. The van der Waals surface area contributed by atoms with Crippen molar-refractivity contribution in [2.24, 2.45) is 28.7 Å². The first-order chi connectivity index (χ1) is 7.73. The van der Waals surface area contributed by atoms with Crippen molar-refractivity contribution in [3.05, 3.63) is 0 Å². The lowest BCUT2D eigenvalue weighted by Crippen LogP contribution is -2.19. The summed E-state index contributed by atoms with van der Waals surface area (Å²) in [7, 11) is 0. The monoisotopic (exact) mass is 248 g/mol. The van der Waals surface area contributed by atoms with Crippen LogP contribution in [0.2, 0.25) is 0 Å². The maximum absolute atomic E-state index is 12.0. The highest BCUT2D eigenvalue weighted by Gasteiger charge is 2.42. The number of hydrogen-bond donors (Lipinski definition) is 1. The maximum atomic E-state index is 12.0. The fourth-order valence-electron chi connectivity index (χ4n) is 2.21. The van der Waals surface area contributed by atoms with E-state index in [0.29, 0.717) is 30.1 Å². The molecule has 1 rings (SSSR count). The van der Waals surface area contributed by atoms with Crippen LogP contribution in [-0.2, 0) is 0 Å². The number of amidine groups is 1. The average Bonchev–Trinajstić information content (AvgIpc) is 2.95. The van der Waals surface area contributed by atoms with Crippen LogP contribution in [0, 0.1) is 29.1 Å². The van der Waals surface area contributed by atoms with Crippen LogP contribution >= 0.6 is 0 Å². The fourth-order valence-corrected chi connectivity index (χ4v) is 2.21. The molecule has 1 aliphatic rings. The molecule has 1 saturated carbocycles. The van der Waals surface area contributed by atoms with Gasteiger partial charge in [0.05, 0.1) is 0 Å². The number of alkyl halides is 3. The van der Waals surface area contributed by atoms with Crippen LogP contribution in [-0.4, -0.2) is 18.2 Å². The van der Waals surface area contributed by atoms with E-state index in [4.69, 9.17) is 5.41 Å². The molecule has 0 saturated heterocycles. The summed E-state index contributed by atoms with van der Waals surface area (Å²) < 4.78 is 35.9. The normalized spacial score (nSPS) is 26.5. The molecule has 0 aromatic heterocycles. The van der Waals surface area contributed by atoms with Gasteiger partial charge in [-0.15, -0.1) is 0 Å². The summed E-state index contributed by atoms with van der Waals surface area (Å²) in [5.74, 6) is 0.808. The van der Waals surface area contributed by atoms with Crippen LogP contribution in [0.3, 0.4) is 0 Å². The van der Waals surface area contributed by atoms with Gasteiger partial charge in [-0.25, -0.2) is 4.99 Å². The second kappa shape index (κ2) is 5.19. The van der Waals surface area contributed by atoms with E-state index < -0.39 is 12.0 Å². The first-order valence-electron chi connectivity index (χ1n) is 5.91. The predicted molar refractivity (Wildman–Crippen MR) is 62.5 cm³/mol. The van der Waals surface area contributed by atoms with E-state index in [-0.39, 0.29) is 0 Å². The standard InChI is InChI=1S/C12H19F3N2/c1-7(2)9-6-10(9)8(3)4-5-17-11(16)12(13,14)15/h5,7-10,16H,4,6H2,1-3H3/t8?,9-,10-/m1/s1. The summed E-state index contributed by atoms with van der Waals surface area (Å²) in [6.07, 6.45) is -1.70. The minimum atomic E-state index is -4.63. The summed E-state index contributed by atoms with van der Waals surface area (Å²) in [6, 6.07) is 0. The van der Waals surface area contributed by atoms with Gasteiger partial charge in [0.15, 0.2) is 0 Å². The molecule has 1 aliphatic carbocycles. The molecule has 2 nitrogen and oxygen atoms in total. The predicted octanol–water partition coefficient (Wildman–Crippen LogP) is 3.92. The Morgan fingerprint density at radius 3 is 2.35 bits per heavy atom. The Kier molecular flexibility index (Phi) is 4.33. The number of hydrogen-bond acceptors (Lipinski definition) is 1. The summed E-state index contributed by atoms with van der Waals surface area (Å²) in [4.78, 5) is 3.15. The quantitative estimate of drug-likeness (QED) is 0.578. The molecule has 0 radical (unpaired) electrons. The Bertz CT molecular complexity index is 307. The second-order valence-electron chi connectivity index (χ2n) is 5.18. The lowest BCUT2D eigenvalue weighted by Gasteiger charge is -2.09. The molecule has 0 aromatic rings. The Labute approximate surface area is 99.8 Å². The van der Waals surface area contributed by atoms with Gasteiger partial charge in [0.2, 0.25) is 5.84 Å². The van der Waals surface area contributed by atoms with Crippen molar-refractivity contribution in [2.45, 2.75) is 39.8 Å². The molecule has 17 heavy (non-hydrogen) atoms. The molecule has 5 heteroatoms. The Morgan fingerprint density at radius 1 is 1.35 bits per heavy atom. The first kappa shape index (κ1) is 14.2. The van der Waals surface area contributed by atoms with E-state index in [2.05, 4.69) is 18.8 Å². The van der Waals surface area contributed by atoms with Crippen molar-refractivity contribution < 1.29 is 13.2 Å². The fraction of sp³-hybridized carbons (Fsp3) is 0.833. The molecular formula is C12H19F3N2. The van der Waals surface area contributed by atoms with E-state index >= 15 is 0 Å². The molecule has 1 N–H and O–H groups in total. The van der Waals surface area contributed by atoms with Gasteiger partial charge in [0.1, 0.15) is 0 Å². The minimum Gasteiger partial charge on any atom is -0.279 e. The number of rotatable bonds is 4. The molecule has 0 heterocycles. The van der Waals surface area contributed by atoms with Crippen molar-refractivity contribution in [2.75, 3.05) is 0 Å². The highest BCUT2D eigenvalue weighted by molar-refractivity contribution is 5.91. The van der Waals surface area contributed by atoms with Crippen LogP contribution in [0.5, 0.6) is 0 Å². The summed E-state index contributed by atoms with van der Waals surface area (Å²) >= 11 is 0. The van der Waals surface area contributed by atoms with Gasteiger partial charge in [-0.1, -0.05) is 20.8 Å². The zero-order valence-electron chi connectivity index (χ0n) is 10.4. The average molecular weight is 248 g/mol. The van der Waals surface area contributed by atoms with Crippen LogP contribution in [0.1, 0.15) is 33.6 Å². The van der Waals surface area contributed by atoms with Crippen molar-refractivity contribution in [1.29, 1.82) is 5.41 Å². The van der Waals surface area contributed by atoms with E-state index in [0.717, 1.165) is 0 Å². The van der Waals surface area contributed by atoms with Gasteiger partial charge in [0, 0.05) is 6.21 Å². The van der Waals surface area contributed by atoms with Gasteiger partial charge in [-0.05, 0) is 36.5 Å². The number of nitrogens with zero attached hydrogens (tertiary/aromatic N) is 1. The van der Waals surface area contributed by atoms with Crippen LogP contribution in [0.15, 0.2) is 4.99 Å². The highest BCUT2D eigenvalue weighted by atomic mass is 19.4. The molecule has 3 atom stereocenters. The minimum absolute atomic E-state index is 0.354. The summed E-state index contributed by atoms with van der Waals surface area (Å²) in [5, 5.41) is 6.69. The van der Waals surface area contributed by atoms with Gasteiger partial charge < -0.3 is 0 Å². The lowest BCUT2D eigenvalue weighted by atomic mass is 9.97. The van der Waals surface area contributed by atoms with Crippen LogP contribution in [0.4, 0.5) is 13.2 Å². The molecule has 0 spiro atoms. The van der Waals surface area contributed by atoms with E-state index in [1.54, 1.807) is 0 Å². The van der Waals surface area contributed by atoms with Crippen molar-refractivity contribution >= 4 is 12.1 Å². The molecule has 1 unspecified atom stereocenters. The molecule has 0 amide bonds. The van der Waals surface area contributed by atoms with Gasteiger partial charge in [-0.2, -0.15) is 13.2 Å². The van der Waals surface area contributed by atoms with Crippen LogP contribution in [0.25, 0.3) is 0 Å². The first-order valence-corrected chi connectivity index (χ1v) is 5.91. The SMILES string of the molecule is CC(C)[C@H]1C[C@@H]1C(C)CC=NC(=N)C(F)(F)F. The second-order valence-corrected chi connectivity index (χ2v) is 5.18. The van der Waals surface area contributed by atoms with Crippen molar-refractivity contribution in [3.8, 4) is 0 Å². The summed E-state index contributed by atoms with van der Waals surface area (Å²) in [6.45, 7) is 6.38. The van der Waals surface area contributed by atoms with Gasteiger partial charge >= 0.3 is 6.18 Å². The highest BCUT2D eigenvalue weighted by Crippen LogP contribution is 2.49. The third-order valence-corrected chi connectivity index (χ3v) is 3.44. The number of aliphatic imine (C=N–C) groups is 1. The zero-order chi connectivity index (χ0) is 13.2. The lowest BCUT2D eigenvalue weighted by molar-refractivity contribution is -0.0604. The van der Waals surface area contributed by atoms with Crippen molar-refractivity contribution in [1.82, 2.24) is 0 Å². The maximum Gasteiger partial charge on any atom is 0.450 e. The van der Waals surface area contributed by atoms with Gasteiger partial charge in [-0.3, -0.25) is 5.41 Å². The topological polar surface area (TPSA) is 36.2 Å². The molecule has 98 valence electrons. The molecule has 0 aromatic carbocycles. The Hall–Kier alpha value is -0.870. The number of nitrogens with one attached hydrogen (secondary N) is 1. The third kappa shape index (κ3) is 4.13. The third-order valence-electron chi connectivity index (χ3n) is 3.44. The molecule has 1 fully saturated rings. The Morgan fingerprint density at radius 2 is 1.94 bits per heavy atom. The molecular weight excluding hydrogens is 229 g/mol. The van der Waals surface area contributed by atoms with Gasteiger partial charge in [0.25, 0.3) is 0 Å². The van der Waals surface area contributed by atoms with E-state index in [9.17, 15) is 13.2 Å². The van der Waals surface area contributed by atoms with Crippen LogP contribution < -0.4 is 0 Å². The van der Waals surface area contributed by atoms with E-state index in [1.807, 2.05) is 6.92 Å². The zero-order valence-corrected chi connectivity index (χ0v) is 10.4. The molecule has 0 aliphatic heterocycles. The van der Waals surface area contributed by atoms with Crippen molar-refractivity contribution in [3.63, 3.8) is 0 Å². The number of halogens is 3. The summed E-state index contributed by atoms with van der Waals surface area (Å²) in [5.41, 5.74) is 0. The van der Waals surface area contributed by atoms with E-state index in [1.165, 1.54) is 12.6 Å². The Balaban J connectivity index is 2.32. The smallest absolute Gasteiger partial charge is 0.279 e. The molecule has 0 bridgehead atoms.